The molecular weight excluding hydrogens is 466 g/mol. The van der Waals surface area contributed by atoms with Gasteiger partial charge in [-0.3, -0.25) is 9.52 Å². The molecule has 9 nitrogen and oxygen atoms in total. The van der Waals surface area contributed by atoms with Gasteiger partial charge >= 0.3 is 0 Å². The number of piperidine rings is 1. The van der Waals surface area contributed by atoms with Crippen molar-refractivity contribution in [2.24, 2.45) is 0 Å². The number of rotatable bonds is 7. The van der Waals surface area contributed by atoms with Gasteiger partial charge in [-0.15, -0.1) is 0 Å². The van der Waals surface area contributed by atoms with Crippen LogP contribution in [0.1, 0.15) is 42.1 Å². The Hall–Kier alpha value is -2.63. The molecule has 1 saturated heterocycles. The number of carbonyl (C=O) groups is 1. The van der Waals surface area contributed by atoms with Crippen LogP contribution in [0.4, 0.5) is 11.4 Å². The Bertz CT molecular complexity index is 1260. The first-order valence-corrected chi connectivity index (χ1v) is 13.8. The first kappa shape index (κ1) is 25.0. The zero-order valence-electron chi connectivity index (χ0n) is 19.1. The molecule has 11 heteroatoms. The van der Waals surface area contributed by atoms with E-state index in [9.17, 15) is 21.6 Å². The van der Waals surface area contributed by atoms with Crippen molar-refractivity contribution in [2.45, 2.75) is 44.0 Å². The van der Waals surface area contributed by atoms with Crippen LogP contribution in [-0.4, -0.2) is 53.0 Å². The molecule has 1 aliphatic heterocycles. The lowest BCUT2D eigenvalue weighted by atomic mass is 10.1. The maximum absolute atomic E-state index is 13.4. The van der Waals surface area contributed by atoms with Crippen molar-refractivity contribution in [1.82, 2.24) is 4.31 Å². The summed E-state index contributed by atoms with van der Waals surface area (Å²) in [6, 6.07) is 8.93. The van der Waals surface area contributed by atoms with Crippen LogP contribution in [0.3, 0.4) is 0 Å². The molecule has 2 aromatic rings. The van der Waals surface area contributed by atoms with Crippen LogP contribution in [0, 0.1) is 6.92 Å². The minimum Gasteiger partial charge on any atom is -0.495 e. The van der Waals surface area contributed by atoms with Gasteiger partial charge in [0.1, 0.15) is 10.6 Å². The zero-order chi connectivity index (χ0) is 24.4. The SMILES string of the molecule is COc1ccc(C(=O)Nc2ccc(C)c(NS(C)(=O)=O)c2)cc1S(=O)(=O)N1CCCCC1C. The molecule has 0 bridgehead atoms. The van der Waals surface area contributed by atoms with Gasteiger partial charge in [0, 0.05) is 23.8 Å². The van der Waals surface area contributed by atoms with Gasteiger partial charge in [0.15, 0.2) is 0 Å². The molecule has 0 aromatic heterocycles. The maximum atomic E-state index is 13.4. The van der Waals surface area contributed by atoms with Gasteiger partial charge in [0.25, 0.3) is 5.91 Å². The fourth-order valence-electron chi connectivity index (χ4n) is 3.79. The molecule has 1 fully saturated rings. The number of amides is 1. The summed E-state index contributed by atoms with van der Waals surface area (Å²) in [6.45, 7) is 4.03. The number of methoxy groups -OCH3 is 1. The summed E-state index contributed by atoms with van der Waals surface area (Å²) in [4.78, 5) is 12.9. The maximum Gasteiger partial charge on any atom is 0.255 e. The van der Waals surface area contributed by atoms with Gasteiger partial charge in [0.05, 0.1) is 19.1 Å². The quantitative estimate of drug-likeness (QED) is 0.608. The van der Waals surface area contributed by atoms with E-state index >= 15 is 0 Å². The molecular formula is C22H29N3O6S2. The van der Waals surface area contributed by atoms with E-state index in [1.807, 2.05) is 6.92 Å². The fraction of sp³-hybridized carbons (Fsp3) is 0.409. The van der Waals surface area contributed by atoms with Gasteiger partial charge in [-0.05, 0) is 62.6 Å². The highest BCUT2D eigenvalue weighted by Crippen LogP contribution is 2.32. The summed E-state index contributed by atoms with van der Waals surface area (Å²) >= 11 is 0. The van der Waals surface area contributed by atoms with E-state index in [-0.39, 0.29) is 22.3 Å². The number of nitrogens with zero attached hydrogens (tertiary/aromatic N) is 1. The van der Waals surface area contributed by atoms with E-state index in [1.54, 1.807) is 19.1 Å². The minimum atomic E-state index is -3.86. The van der Waals surface area contributed by atoms with Crippen molar-refractivity contribution in [3.05, 3.63) is 47.5 Å². The number of benzene rings is 2. The third kappa shape index (κ3) is 5.84. The minimum absolute atomic E-state index is 0.0604. The predicted molar refractivity (Wildman–Crippen MR) is 128 cm³/mol. The topological polar surface area (TPSA) is 122 Å². The van der Waals surface area contributed by atoms with Gasteiger partial charge in [-0.25, -0.2) is 16.8 Å². The first-order valence-electron chi connectivity index (χ1n) is 10.5. The lowest BCUT2D eigenvalue weighted by Crippen LogP contribution is -2.42. The van der Waals surface area contributed by atoms with Crippen molar-refractivity contribution in [3.8, 4) is 5.75 Å². The number of anilines is 2. The fourth-order valence-corrected chi connectivity index (χ4v) is 6.29. The van der Waals surface area contributed by atoms with Crippen molar-refractivity contribution in [1.29, 1.82) is 0 Å². The summed E-state index contributed by atoms with van der Waals surface area (Å²) in [5.74, 6) is -0.366. The molecule has 3 rings (SSSR count). The highest BCUT2D eigenvalue weighted by atomic mass is 32.2. The normalized spacial score (nSPS) is 17.4. The molecule has 2 N–H and O–H groups in total. The number of ether oxygens (including phenoxy) is 1. The molecule has 2 aromatic carbocycles. The molecule has 1 unspecified atom stereocenters. The zero-order valence-corrected chi connectivity index (χ0v) is 20.7. The number of carbonyl (C=O) groups excluding carboxylic acids is 1. The number of nitrogens with one attached hydrogen (secondary N) is 2. The van der Waals surface area contributed by atoms with E-state index in [0.29, 0.717) is 23.5 Å². The van der Waals surface area contributed by atoms with Gasteiger partial charge in [0.2, 0.25) is 20.0 Å². The van der Waals surface area contributed by atoms with Crippen LogP contribution < -0.4 is 14.8 Å². The van der Waals surface area contributed by atoms with E-state index in [2.05, 4.69) is 10.0 Å². The standard InChI is InChI=1S/C22H29N3O6S2/c1-15-8-10-18(14-19(15)24-32(4,27)28)23-22(26)17-9-11-20(31-3)21(13-17)33(29,30)25-12-6-5-7-16(25)2/h8-11,13-14,16,24H,5-7,12H2,1-4H3,(H,23,26). The Morgan fingerprint density at radius 3 is 2.45 bits per heavy atom. The van der Waals surface area contributed by atoms with Gasteiger partial charge in [-0.2, -0.15) is 4.31 Å². The summed E-state index contributed by atoms with van der Waals surface area (Å²) in [5.41, 5.74) is 1.53. The molecule has 180 valence electrons. The molecule has 1 aliphatic rings. The molecule has 0 radical (unpaired) electrons. The van der Waals surface area contributed by atoms with Gasteiger partial charge in [-0.1, -0.05) is 12.5 Å². The van der Waals surface area contributed by atoms with E-state index < -0.39 is 26.0 Å². The molecule has 1 atom stereocenters. The first-order chi connectivity index (χ1) is 15.4. The second-order valence-corrected chi connectivity index (χ2v) is 11.8. The average molecular weight is 496 g/mol. The second kappa shape index (κ2) is 9.70. The van der Waals surface area contributed by atoms with Crippen molar-refractivity contribution in [2.75, 3.05) is 29.9 Å². The van der Waals surface area contributed by atoms with E-state index in [0.717, 1.165) is 25.5 Å². The average Bonchev–Trinajstić information content (AvgIpc) is 2.74. The Morgan fingerprint density at radius 1 is 1.09 bits per heavy atom. The van der Waals surface area contributed by atoms with Gasteiger partial charge < -0.3 is 10.1 Å². The lowest BCUT2D eigenvalue weighted by molar-refractivity contribution is 0.102. The lowest BCUT2D eigenvalue weighted by Gasteiger charge is -2.32. The van der Waals surface area contributed by atoms with Crippen LogP contribution in [0.5, 0.6) is 5.75 Å². The Morgan fingerprint density at radius 2 is 1.82 bits per heavy atom. The van der Waals surface area contributed by atoms with Crippen LogP contribution in [0.15, 0.2) is 41.3 Å². The molecule has 0 aliphatic carbocycles. The van der Waals surface area contributed by atoms with Crippen LogP contribution >= 0.6 is 0 Å². The van der Waals surface area contributed by atoms with E-state index in [1.165, 1.54) is 35.7 Å². The Balaban J connectivity index is 1.92. The Kier molecular flexibility index (Phi) is 7.35. The third-order valence-electron chi connectivity index (χ3n) is 5.55. The number of sulfonamides is 2. The largest absolute Gasteiger partial charge is 0.495 e. The van der Waals surface area contributed by atoms with Crippen molar-refractivity contribution in [3.63, 3.8) is 0 Å². The summed E-state index contributed by atoms with van der Waals surface area (Å²) in [7, 11) is -5.97. The van der Waals surface area contributed by atoms with E-state index in [4.69, 9.17) is 4.74 Å². The summed E-state index contributed by atoms with van der Waals surface area (Å²) in [5, 5.41) is 2.69. The number of hydrogen-bond acceptors (Lipinski definition) is 6. The second-order valence-electron chi connectivity index (χ2n) is 8.18. The molecule has 1 heterocycles. The Labute approximate surface area is 195 Å². The molecule has 0 spiro atoms. The molecule has 33 heavy (non-hydrogen) atoms. The van der Waals surface area contributed by atoms with Crippen molar-refractivity contribution >= 4 is 37.3 Å². The van der Waals surface area contributed by atoms with Crippen LogP contribution in [-0.2, 0) is 20.0 Å². The number of aryl methyl sites for hydroxylation is 1. The smallest absolute Gasteiger partial charge is 0.255 e. The van der Waals surface area contributed by atoms with Crippen molar-refractivity contribution < 1.29 is 26.4 Å². The summed E-state index contributed by atoms with van der Waals surface area (Å²) in [6.07, 6.45) is 3.57. The van der Waals surface area contributed by atoms with Crippen LogP contribution in [0.2, 0.25) is 0 Å². The molecule has 1 amide bonds. The molecule has 0 saturated carbocycles. The monoisotopic (exact) mass is 495 g/mol. The number of hydrogen-bond donors (Lipinski definition) is 2. The highest BCUT2D eigenvalue weighted by Gasteiger charge is 2.33. The van der Waals surface area contributed by atoms with Crippen LogP contribution in [0.25, 0.3) is 0 Å². The predicted octanol–water partition coefficient (Wildman–Crippen LogP) is 3.19. The third-order valence-corrected chi connectivity index (χ3v) is 8.17. The summed E-state index contributed by atoms with van der Waals surface area (Å²) < 4.78 is 59.1. The highest BCUT2D eigenvalue weighted by molar-refractivity contribution is 7.92.